The van der Waals surface area contributed by atoms with Crippen molar-refractivity contribution in [1.82, 2.24) is 10.2 Å². The van der Waals surface area contributed by atoms with Crippen LogP contribution in [0.3, 0.4) is 0 Å². The summed E-state index contributed by atoms with van der Waals surface area (Å²) in [6.07, 6.45) is 6.66. The first-order valence-corrected chi connectivity index (χ1v) is 7.35. The van der Waals surface area contributed by atoms with Gasteiger partial charge in [-0.15, -0.1) is 0 Å². The average molecular weight is 240 g/mol. The van der Waals surface area contributed by atoms with E-state index in [1.165, 1.54) is 51.7 Å². The first-order valence-electron chi connectivity index (χ1n) is 7.35. The smallest absolute Gasteiger partial charge is 0.0547 e. The SMILES string of the molecule is CCCNCC1(CN2CCCCC2)CCOC1. The van der Waals surface area contributed by atoms with Crippen LogP contribution in [-0.2, 0) is 4.74 Å². The standard InChI is InChI=1S/C14H28N2O/c1-2-7-15-11-14(6-10-17-13-14)12-16-8-4-3-5-9-16/h15H,2-13H2,1H3. The van der Waals surface area contributed by atoms with Crippen LogP contribution < -0.4 is 5.32 Å². The quantitative estimate of drug-likeness (QED) is 0.717. The van der Waals surface area contributed by atoms with E-state index in [0.29, 0.717) is 5.41 Å². The predicted octanol–water partition coefficient (Wildman–Crippen LogP) is 1.88. The minimum absolute atomic E-state index is 0.395. The third-order valence-electron chi connectivity index (χ3n) is 4.12. The molecule has 2 fully saturated rings. The Hall–Kier alpha value is -0.120. The van der Waals surface area contributed by atoms with Gasteiger partial charge in [-0.25, -0.2) is 0 Å². The van der Waals surface area contributed by atoms with Crippen molar-refractivity contribution in [2.45, 2.75) is 39.0 Å². The number of piperidine rings is 1. The summed E-state index contributed by atoms with van der Waals surface area (Å²) >= 11 is 0. The Balaban J connectivity index is 1.82. The summed E-state index contributed by atoms with van der Waals surface area (Å²) in [6, 6.07) is 0. The molecule has 1 atom stereocenters. The van der Waals surface area contributed by atoms with Crippen molar-refractivity contribution < 1.29 is 4.74 Å². The number of nitrogens with zero attached hydrogens (tertiary/aromatic N) is 1. The largest absolute Gasteiger partial charge is 0.381 e. The van der Waals surface area contributed by atoms with E-state index in [4.69, 9.17) is 4.74 Å². The second kappa shape index (κ2) is 6.72. The Morgan fingerprint density at radius 3 is 2.71 bits per heavy atom. The average Bonchev–Trinajstić information content (AvgIpc) is 2.80. The van der Waals surface area contributed by atoms with Gasteiger partial charge in [0, 0.05) is 25.1 Å². The van der Waals surface area contributed by atoms with Gasteiger partial charge in [-0.3, -0.25) is 0 Å². The zero-order valence-corrected chi connectivity index (χ0v) is 11.3. The zero-order valence-electron chi connectivity index (χ0n) is 11.3. The molecule has 2 aliphatic heterocycles. The molecule has 0 amide bonds. The second-order valence-electron chi connectivity index (χ2n) is 5.82. The first kappa shape index (κ1) is 13.3. The highest BCUT2D eigenvalue weighted by Crippen LogP contribution is 2.30. The van der Waals surface area contributed by atoms with Gasteiger partial charge in [0.2, 0.25) is 0 Å². The van der Waals surface area contributed by atoms with E-state index in [1.54, 1.807) is 0 Å². The van der Waals surface area contributed by atoms with Crippen LogP contribution in [0.4, 0.5) is 0 Å². The van der Waals surface area contributed by atoms with Gasteiger partial charge >= 0.3 is 0 Å². The molecule has 0 aromatic heterocycles. The fourth-order valence-corrected chi connectivity index (χ4v) is 3.09. The van der Waals surface area contributed by atoms with Crippen molar-refractivity contribution in [3.8, 4) is 0 Å². The molecule has 1 N–H and O–H groups in total. The first-order chi connectivity index (χ1) is 8.35. The van der Waals surface area contributed by atoms with Crippen molar-refractivity contribution in [2.24, 2.45) is 5.41 Å². The molecule has 2 saturated heterocycles. The number of likely N-dealkylation sites (tertiary alicyclic amines) is 1. The highest BCUT2D eigenvalue weighted by Gasteiger charge is 2.36. The summed E-state index contributed by atoms with van der Waals surface area (Å²) in [6.45, 7) is 10.3. The minimum Gasteiger partial charge on any atom is -0.381 e. The third-order valence-corrected chi connectivity index (χ3v) is 4.12. The van der Waals surface area contributed by atoms with E-state index in [2.05, 4.69) is 17.1 Å². The Morgan fingerprint density at radius 2 is 2.06 bits per heavy atom. The zero-order chi connectivity index (χ0) is 12.0. The predicted molar refractivity (Wildman–Crippen MR) is 71.3 cm³/mol. The van der Waals surface area contributed by atoms with Gasteiger partial charge in [-0.2, -0.15) is 0 Å². The van der Waals surface area contributed by atoms with E-state index in [0.717, 1.165) is 26.3 Å². The number of nitrogens with one attached hydrogen (secondary N) is 1. The van der Waals surface area contributed by atoms with Crippen LogP contribution in [0.5, 0.6) is 0 Å². The van der Waals surface area contributed by atoms with Crippen LogP contribution in [0.2, 0.25) is 0 Å². The van der Waals surface area contributed by atoms with Gasteiger partial charge in [-0.1, -0.05) is 13.3 Å². The number of hydrogen-bond donors (Lipinski definition) is 1. The molecule has 2 heterocycles. The number of hydrogen-bond acceptors (Lipinski definition) is 3. The molecule has 0 saturated carbocycles. The fraction of sp³-hybridized carbons (Fsp3) is 1.00. The van der Waals surface area contributed by atoms with Gasteiger partial charge in [0.1, 0.15) is 0 Å². The fourth-order valence-electron chi connectivity index (χ4n) is 3.09. The van der Waals surface area contributed by atoms with Crippen LogP contribution in [-0.4, -0.2) is 50.8 Å². The summed E-state index contributed by atoms with van der Waals surface area (Å²) in [7, 11) is 0. The molecule has 17 heavy (non-hydrogen) atoms. The maximum Gasteiger partial charge on any atom is 0.0547 e. The van der Waals surface area contributed by atoms with Crippen molar-refractivity contribution >= 4 is 0 Å². The lowest BCUT2D eigenvalue weighted by atomic mass is 9.86. The molecule has 3 heteroatoms. The van der Waals surface area contributed by atoms with Gasteiger partial charge in [-0.05, 0) is 45.3 Å². The molecule has 0 aromatic carbocycles. The summed E-state index contributed by atoms with van der Waals surface area (Å²) < 4.78 is 5.67. The molecule has 2 rings (SSSR count). The Bertz CT molecular complexity index is 208. The Morgan fingerprint density at radius 1 is 1.24 bits per heavy atom. The number of rotatable bonds is 6. The lowest BCUT2D eigenvalue weighted by Crippen LogP contribution is -2.46. The Kier molecular flexibility index (Phi) is 5.26. The second-order valence-corrected chi connectivity index (χ2v) is 5.82. The van der Waals surface area contributed by atoms with E-state index in [1.807, 2.05) is 0 Å². The minimum atomic E-state index is 0.395. The van der Waals surface area contributed by atoms with E-state index in [-0.39, 0.29) is 0 Å². The van der Waals surface area contributed by atoms with Crippen molar-refractivity contribution in [3.63, 3.8) is 0 Å². The lowest BCUT2D eigenvalue weighted by Gasteiger charge is -2.36. The van der Waals surface area contributed by atoms with E-state index < -0.39 is 0 Å². The lowest BCUT2D eigenvalue weighted by molar-refractivity contribution is 0.0982. The molecule has 2 aliphatic rings. The molecule has 100 valence electrons. The van der Waals surface area contributed by atoms with Crippen LogP contribution in [0.25, 0.3) is 0 Å². The van der Waals surface area contributed by atoms with E-state index in [9.17, 15) is 0 Å². The molecule has 3 nitrogen and oxygen atoms in total. The molecule has 0 bridgehead atoms. The summed E-state index contributed by atoms with van der Waals surface area (Å²) in [4.78, 5) is 2.66. The van der Waals surface area contributed by atoms with Crippen molar-refractivity contribution in [3.05, 3.63) is 0 Å². The van der Waals surface area contributed by atoms with Gasteiger partial charge in [0.15, 0.2) is 0 Å². The Labute approximate surface area is 106 Å². The topological polar surface area (TPSA) is 24.5 Å². The molecule has 0 radical (unpaired) electrons. The third kappa shape index (κ3) is 3.94. The van der Waals surface area contributed by atoms with Crippen molar-refractivity contribution in [2.75, 3.05) is 45.9 Å². The van der Waals surface area contributed by atoms with Crippen LogP contribution in [0.1, 0.15) is 39.0 Å². The maximum absolute atomic E-state index is 5.67. The highest BCUT2D eigenvalue weighted by atomic mass is 16.5. The summed E-state index contributed by atoms with van der Waals surface area (Å²) in [5, 5.41) is 3.60. The molecular weight excluding hydrogens is 212 g/mol. The summed E-state index contributed by atoms with van der Waals surface area (Å²) in [5.41, 5.74) is 0.395. The highest BCUT2D eigenvalue weighted by molar-refractivity contribution is 4.89. The van der Waals surface area contributed by atoms with Gasteiger partial charge in [0.25, 0.3) is 0 Å². The molecule has 0 aromatic rings. The van der Waals surface area contributed by atoms with Gasteiger partial charge in [0.05, 0.1) is 6.61 Å². The van der Waals surface area contributed by atoms with Crippen LogP contribution >= 0.6 is 0 Å². The van der Waals surface area contributed by atoms with E-state index >= 15 is 0 Å². The molecule has 0 aliphatic carbocycles. The van der Waals surface area contributed by atoms with Crippen molar-refractivity contribution in [1.29, 1.82) is 0 Å². The maximum atomic E-state index is 5.67. The molecular formula is C14H28N2O. The molecule has 0 spiro atoms. The monoisotopic (exact) mass is 240 g/mol. The molecule has 1 unspecified atom stereocenters. The van der Waals surface area contributed by atoms with Gasteiger partial charge < -0.3 is 15.0 Å². The normalized spacial score (nSPS) is 30.9. The van der Waals surface area contributed by atoms with Crippen LogP contribution in [0, 0.1) is 5.41 Å². The summed E-state index contributed by atoms with van der Waals surface area (Å²) in [5.74, 6) is 0. The van der Waals surface area contributed by atoms with Crippen LogP contribution in [0.15, 0.2) is 0 Å². The number of ether oxygens (including phenoxy) is 1.